The maximum absolute atomic E-state index is 5.88. The van der Waals surface area contributed by atoms with Gasteiger partial charge in [-0.15, -0.1) is 0 Å². The quantitative estimate of drug-likeness (QED) is 0.0838. The van der Waals surface area contributed by atoms with Crippen LogP contribution >= 0.6 is 0 Å². The van der Waals surface area contributed by atoms with Gasteiger partial charge in [0.2, 0.25) is 11.9 Å². The Hall–Kier alpha value is -5.00. The molecule has 2 aromatic carbocycles. The lowest BCUT2D eigenvalue weighted by Crippen LogP contribution is -2.28. The predicted molar refractivity (Wildman–Crippen MR) is 149 cm³/mol. The highest BCUT2D eigenvalue weighted by molar-refractivity contribution is 6.00. The molecule has 0 saturated heterocycles. The van der Waals surface area contributed by atoms with Crippen molar-refractivity contribution in [3.63, 3.8) is 0 Å². The molecule has 2 aromatic heterocycles. The number of hydrogen-bond acceptors (Lipinski definition) is 6. The van der Waals surface area contributed by atoms with Gasteiger partial charge in [0, 0.05) is 58.4 Å². The molecule has 192 valence electrons. The van der Waals surface area contributed by atoms with Crippen LogP contribution in [0, 0.1) is 0 Å². The molecule has 4 rings (SSSR count). The Morgan fingerprint density at radius 1 is 0.784 bits per heavy atom. The molecular weight excluding hydrogens is 472 g/mol. The zero-order chi connectivity index (χ0) is 26.0. The van der Waals surface area contributed by atoms with E-state index in [9.17, 15) is 0 Å². The Kier molecular flexibility index (Phi) is 8.22. The molecule has 37 heavy (non-hydrogen) atoms. The third-order valence-electron chi connectivity index (χ3n) is 5.49. The lowest BCUT2D eigenvalue weighted by Gasteiger charge is -2.01. The Morgan fingerprint density at radius 2 is 1.24 bits per heavy atom. The number of benzene rings is 2. The molecule has 4 aromatic rings. The molecule has 0 fully saturated rings. The van der Waals surface area contributed by atoms with Gasteiger partial charge in [-0.25, -0.2) is 10.9 Å². The number of guanidine groups is 2. The van der Waals surface area contributed by atoms with Crippen LogP contribution in [0.3, 0.4) is 0 Å². The summed E-state index contributed by atoms with van der Waals surface area (Å²) in [5, 5.41) is 10.3. The van der Waals surface area contributed by atoms with Crippen molar-refractivity contribution in [2.24, 2.45) is 31.7 Å². The summed E-state index contributed by atoms with van der Waals surface area (Å²) in [6.45, 7) is 0.936. The van der Waals surface area contributed by atoms with Crippen molar-refractivity contribution in [2.45, 2.75) is 6.42 Å². The van der Waals surface area contributed by atoms with E-state index in [0.29, 0.717) is 19.5 Å². The molecule has 12 nitrogen and oxygen atoms in total. The average Bonchev–Trinajstić information content (AvgIpc) is 3.51. The first-order chi connectivity index (χ1) is 18.1. The first-order valence-corrected chi connectivity index (χ1v) is 11.6. The molecule has 0 aliphatic rings. The third-order valence-corrected chi connectivity index (χ3v) is 5.49. The molecule has 0 unspecified atom stereocenters. The molecule has 0 amide bonds. The van der Waals surface area contributed by atoms with E-state index >= 15 is 0 Å². The average molecular weight is 503 g/mol. The second-order valence-corrected chi connectivity index (χ2v) is 7.94. The van der Waals surface area contributed by atoms with E-state index < -0.39 is 0 Å². The summed E-state index contributed by atoms with van der Waals surface area (Å²) in [7, 11) is 3.27. The number of ether oxygens (including phenoxy) is 2. The molecule has 0 spiro atoms. The zero-order valence-corrected chi connectivity index (χ0v) is 20.7. The number of H-pyrrole nitrogens is 2. The number of fused-ring (bicyclic) bond motifs is 2. The number of hydrogen-bond donors (Lipinski definition) is 6. The van der Waals surface area contributed by atoms with E-state index in [0.717, 1.165) is 44.4 Å². The summed E-state index contributed by atoms with van der Waals surface area (Å²) in [4.78, 5) is 14.8. The monoisotopic (exact) mass is 502 g/mol. The number of aliphatic imine (C=N–C) groups is 2. The first-order valence-electron chi connectivity index (χ1n) is 11.6. The fraction of sp³-hybridized carbons (Fsp3) is 0.200. The van der Waals surface area contributed by atoms with E-state index in [1.807, 2.05) is 48.8 Å². The molecular formula is C25H30N10O2. The number of methoxy groups -OCH3 is 2. The molecule has 0 aliphatic heterocycles. The van der Waals surface area contributed by atoms with E-state index in [1.54, 1.807) is 26.6 Å². The van der Waals surface area contributed by atoms with Gasteiger partial charge in [-0.3, -0.25) is 9.98 Å². The molecule has 2 heterocycles. The van der Waals surface area contributed by atoms with Gasteiger partial charge in [-0.1, -0.05) is 0 Å². The summed E-state index contributed by atoms with van der Waals surface area (Å²) >= 11 is 0. The van der Waals surface area contributed by atoms with Gasteiger partial charge in [0.15, 0.2) is 0 Å². The maximum atomic E-state index is 5.88. The first kappa shape index (κ1) is 25.1. The van der Waals surface area contributed by atoms with Gasteiger partial charge >= 0.3 is 0 Å². The standard InChI is InChI=1S/C25H30N10O2/c1-36-18-4-6-22-20(10-18)16(12-30-22)14-32-34-24(26)28-8-3-9-29-25(27)35-33-15-17-13-31-23-7-5-19(37-2)11-21(17)23/h4-7,10-15,30-31H,3,8-9H2,1-2H3,(H3,26,28,34)(H3,27,29,35)/b32-14+,33-15+. The van der Waals surface area contributed by atoms with Crippen LogP contribution in [0.15, 0.2) is 69.0 Å². The second kappa shape index (κ2) is 12.1. The lowest BCUT2D eigenvalue weighted by atomic mass is 10.2. The van der Waals surface area contributed by atoms with Gasteiger partial charge in [0.05, 0.1) is 26.6 Å². The molecule has 0 aliphatic carbocycles. The molecule has 12 heteroatoms. The fourth-order valence-electron chi connectivity index (χ4n) is 3.59. The highest BCUT2D eigenvalue weighted by atomic mass is 16.5. The minimum atomic E-state index is 0.212. The molecule has 0 radical (unpaired) electrons. The number of rotatable bonds is 10. The van der Waals surface area contributed by atoms with Crippen molar-refractivity contribution in [1.29, 1.82) is 0 Å². The van der Waals surface area contributed by atoms with E-state index in [2.05, 4.69) is 41.0 Å². The van der Waals surface area contributed by atoms with Crippen LogP contribution in [0.5, 0.6) is 11.5 Å². The van der Waals surface area contributed by atoms with E-state index in [-0.39, 0.29) is 11.9 Å². The minimum absolute atomic E-state index is 0.212. The van der Waals surface area contributed by atoms with E-state index in [1.165, 1.54) is 0 Å². The number of nitrogens with one attached hydrogen (secondary N) is 4. The highest BCUT2D eigenvalue weighted by Gasteiger charge is 2.04. The number of aromatic nitrogens is 2. The van der Waals surface area contributed by atoms with Gasteiger partial charge in [-0.05, 0) is 42.8 Å². The van der Waals surface area contributed by atoms with Crippen molar-refractivity contribution in [2.75, 3.05) is 27.3 Å². The van der Waals surface area contributed by atoms with Crippen LogP contribution in [0.2, 0.25) is 0 Å². The molecule has 0 bridgehead atoms. The van der Waals surface area contributed by atoms with Crippen molar-refractivity contribution in [1.82, 2.24) is 20.8 Å². The Balaban J connectivity index is 1.20. The van der Waals surface area contributed by atoms with Crippen molar-refractivity contribution in [3.05, 3.63) is 59.9 Å². The number of aromatic amines is 2. The normalized spacial score (nSPS) is 12.7. The van der Waals surface area contributed by atoms with Gasteiger partial charge in [0.1, 0.15) is 11.5 Å². The maximum Gasteiger partial charge on any atom is 0.209 e. The minimum Gasteiger partial charge on any atom is -0.497 e. The van der Waals surface area contributed by atoms with Crippen LogP contribution in [0.1, 0.15) is 17.5 Å². The number of nitrogens with two attached hydrogens (primary N) is 2. The summed E-state index contributed by atoms with van der Waals surface area (Å²) in [5.74, 6) is 1.97. The number of hydrazone groups is 2. The lowest BCUT2D eigenvalue weighted by molar-refractivity contribution is 0.415. The van der Waals surface area contributed by atoms with Crippen molar-refractivity contribution < 1.29 is 9.47 Å². The highest BCUT2D eigenvalue weighted by Crippen LogP contribution is 2.23. The molecule has 0 atom stereocenters. The summed E-state index contributed by atoms with van der Waals surface area (Å²) in [6, 6.07) is 11.6. The van der Waals surface area contributed by atoms with Gasteiger partial charge in [0.25, 0.3) is 0 Å². The van der Waals surface area contributed by atoms with Gasteiger partial charge < -0.3 is 30.9 Å². The van der Waals surface area contributed by atoms with Crippen molar-refractivity contribution >= 4 is 46.2 Å². The Labute approximate surface area is 213 Å². The van der Waals surface area contributed by atoms with Crippen LogP contribution in [0.4, 0.5) is 0 Å². The largest absolute Gasteiger partial charge is 0.497 e. The van der Waals surface area contributed by atoms with Crippen LogP contribution in [-0.2, 0) is 0 Å². The molecule has 0 saturated carbocycles. The summed E-state index contributed by atoms with van der Waals surface area (Å²) in [5.41, 5.74) is 21.0. The van der Waals surface area contributed by atoms with Crippen molar-refractivity contribution in [3.8, 4) is 11.5 Å². The smallest absolute Gasteiger partial charge is 0.209 e. The van der Waals surface area contributed by atoms with Crippen LogP contribution < -0.4 is 31.8 Å². The van der Waals surface area contributed by atoms with Crippen LogP contribution in [-0.4, -0.2) is 61.6 Å². The summed E-state index contributed by atoms with van der Waals surface area (Å²) in [6.07, 6.45) is 7.72. The number of nitrogens with zero attached hydrogens (tertiary/aromatic N) is 4. The summed E-state index contributed by atoms with van der Waals surface area (Å²) < 4.78 is 10.6. The zero-order valence-electron chi connectivity index (χ0n) is 20.7. The topological polar surface area (TPSA) is 176 Å². The second-order valence-electron chi connectivity index (χ2n) is 7.94. The third kappa shape index (κ3) is 6.57. The van der Waals surface area contributed by atoms with Crippen LogP contribution in [0.25, 0.3) is 21.8 Å². The van der Waals surface area contributed by atoms with Gasteiger partial charge in [-0.2, -0.15) is 10.2 Å². The SMILES string of the molecule is COc1ccc2[nH]cc(/C=N/NC(N)=NCCCN=C(N)N/N=C/c3c[nH]c4ccc(OC)cc34)c2c1. The fourth-order valence-corrected chi connectivity index (χ4v) is 3.59. The Morgan fingerprint density at radius 3 is 1.68 bits per heavy atom. The Bertz CT molecular complexity index is 1350. The predicted octanol–water partition coefficient (Wildman–Crippen LogP) is 2.23. The van der Waals surface area contributed by atoms with E-state index in [4.69, 9.17) is 20.9 Å². The molecule has 8 N–H and O–H groups in total.